The Kier molecular flexibility index (Phi) is 3.02. The fraction of sp³-hybridized carbons (Fsp3) is 0. The van der Waals surface area contributed by atoms with E-state index in [1.165, 1.54) is 12.1 Å². The Morgan fingerprint density at radius 1 is 1.46 bits per heavy atom. The number of nitrogens with zero attached hydrogens (tertiary/aromatic N) is 2. The van der Waals surface area contributed by atoms with Gasteiger partial charge >= 0.3 is 29.6 Å². The number of rotatable bonds is 1. The number of nitrogens with one attached hydrogen (secondary N) is 1. The molecule has 0 amide bonds. The molecule has 13 heavy (non-hydrogen) atoms. The van der Waals surface area contributed by atoms with Crippen LogP contribution >= 0.6 is 0 Å². The van der Waals surface area contributed by atoms with Gasteiger partial charge in [-0.05, 0) is 6.07 Å². The zero-order valence-electron chi connectivity index (χ0n) is 6.02. The number of H-pyrrole nitrogens is 1. The quantitative estimate of drug-likeness (QED) is 0.408. The number of nitro benzene ring substituents is 1. The zero-order valence-corrected chi connectivity index (χ0v) is 6.02. The van der Waals surface area contributed by atoms with E-state index in [1.54, 1.807) is 12.3 Å². The van der Waals surface area contributed by atoms with Crippen LogP contribution in [0.1, 0.15) is 0 Å². The van der Waals surface area contributed by atoms with E-state index >= 15 is 0 Å². The normalized spacial score (nSPS) is 9.54. The summed E-state index contributed by atoms with van der Waals surface area (Å²) in [5.41, 5.74) is 0.760. The Balaban J connectivity index is 0.000000845. The summed E-state index contributed by atoms with van der Waals surface area (Å²) in [5, 5.41) is 17.6. The van der Waals surface area contributed by atoms with Gasteiger partial charge in [0, 0.05) is 17.5 Å². The van der Waals surface area contributed by atoms with Gasteiger partial charge in [-0.3, -0.25) is 15.2 Å². The van der Waals surface area contributed by atoms with E-state index in [9.17, 15) is 10.1 Å². The summed E-state index contributed by atoms with van der Waals surface area (Å²) in [6.07, 6.45) is 1.62. The van der Waals surface area contributed by atoms with E-state index in [0.29, 0.717) is 5.52 Å². The molecule has 2 rings (SSSR count). The van der Waals surface area contributed by atoms with Crippen LogP contribution in [-0.4, -0.2) is 44.7 Å². The molecule has 0 saturated carbocycles. The van der Waals surface area contributed by atoms with Crippen molar-refractivity contribution in [3.8, 4) is 0 Å². The second kappa shape index (κ2) is 3.87. The van der Waals surface area contributed by atoms with E-state index < -0.39 is 4.92 Å². The molecule has 1 aromatic heterocycles. The first kappa shape index (κ1) is 10.2. The van der Waals surface area contributed by atoms with Crippen LogP contribution in [0.2, 0.25) is 0 Å². The van der Waals surface area contributed by atoms with Gasteiger partial charge in [0.2, 0.25) is 0 Å². The fourth-order valence-electron chi connectivity index (χ4n) is 1.04. The molecular weight excluding hydrogens is 181 g/mol. The maximum atomic E-state index is 10.3. The molecule has 0 aliphatic rings. The average molecular weight is 187 g/mol. The third-order valence-electron chi connectivity index (χ3n) is 1.64. The van der Waals surface area contributed by atoms with Crippen LogP contribution in [0.4, 0.5) is 5.69 Å². The van der Waals surface area contributed by atoms with E-state index in [-0.39, 0.29) is 35.2 Å². The van der Waals surface area contributed by atoms with Crippen LogP contribution < -0.4 is 0 Å². The van der Waals surface area contributed by atoms with Crippen LogP contribution in [-0.2, 0) is 0 Å². The summed E-state index contributed by atoms with van der Waals surface area (Å²) >= 11 is 0. The summed E-state index contributed by atoms with van der Waals surface area (Å²) in [6, 6.07) is 4.58. The average Bonchev–Trinajstić information content (AvgIpc) is 2.49. The number of non-ortho nitro benzene ring substituents is 1. The van der Waals surface area contributed by atoms with E-state index in [2.05, 4.69) is 10.2 Å². The van der Waals surface area contributed by atoms with Gasteiger partial charge in [0.15, 0.2) is 0 Å². The molecule has 1 heterocycles. The third kappa shape index (κ3) is 1.88. The van der Waals surface area contributed by atoms with Crippen LogP contribution in [0, 0.1) is 10.1 Å². The van der Waals surface area contributed by atoms with Crippen molar-refractivity contribution >= 4 is 46.1 Å². The zero-order chi connectivity index (χ0) is 8.55. The molecule has 0 aliphatic carbocycles. The first-order chi connectivity index (χ1) is 5.77. The predicted octanol–water partition coefficient (Wildman–Crippen LogP) is 0.823. The van der Waals surface area contributed by atoms with Gasteiger partial charge < -0.3 is 0 Å². The molecule has 5 nitrogen and oxygen atoms in total. The molecule has 6 heteroatoms. The molecule has 0 saturated heterocycles. The standard InChI is InChI=1S/C7H5N3O2.Na.H/c11-10(12)6-2-1-5-4-8-9-7(5)3-6;;/h1-4H,(H,8,9);;. The van der Waals surface area contributed by atoms with E-state index in [0.717, 1.165) is 5.39 Å². The Hall–Kier alpha value is -0.910. The van der Waals surface area contributed by atoms with Crippen LogP contribution in [0.25, 0.3) is 10.9 Å². The third-order valence-corrected chi connectivity index (χ3v) is 1.64. The van der Waals surface area contributed by atoms with Gasteiger partial charge in [0.1, 0.15) is 0 Å². The molecule has 0 unspecified atom stereocenters. The Bertz CT molecular complexity index is 440. The number of benzene rings is 1. The van der Waals surface area contributed by atoms with E-state index in [1.807, 2.05) is 0 Å². The first-order valence-corrected chi connectivity index (χ1v) is 3.35. The van der Waals surface area contributed by atoms with Gasteiger partial charge in [-0.25, -0.2) is 0 Å². The van der Waals surface area contributed by atoms with Gasteiger partial charge in [-0.1, -0.05) is 0 Å². The SMILES string of the molecule is O=[N+]([O-])c1ccc2cn[nH]c2c1.[NaH]. The van der Waals surface area contributed by atoms with Crippen molar-refractivity contribution in [2.24, 2.45) is 0 Å². The van der Waals surface area contributed by atoms with Crippen molar-refractivity contribution in [3.63, 3.8) is 0 Å². The topological polar surface area (TPSA) is 71.8 Å². The van der Waals surface area contributed by atoms with Crippen LogP contribution in [0.5, 0.6) is 0 Å². The molecule has 0 spiro atoms. The number of hydrogen-bond donors (Lipinski definition) is 1. The molecular formula is C7H6N3NaO2. The Morgan fingerprint density at radius 3 is 2.92 bits per heavy atom. The second-order valence-corrected chi connectivity index (χ2v) is 2.40. The second-order valence-electron chi connectivity index (χ2n) is 2.40. The Labute approximate surface area is 95.6 Å². The molecule has 0 aliphatic heterocycles. The van der Waals surface area contributed by atoms with Gasteiger partial charge in [-0.15, -0.1) is 0 Å². The number of aromatic nitrogens is 2. The summed E-state index contributed by atoms with van der Waals surface area (Å²) in [5.74, 6) is 0. The molecule has 0 bridgehead atoms. The monoisotopic (exact) mass is 187 g/mol. The number of nitro groups is 1. The molecule has 2 aromatic rings. The predicted molar refractivity (Wildman–Crippen MR) is 49.9 cm³/mol. The van der Waals surface area contributed by atoms with Crippen molar-refractivity contribution in [3.05, 3.63) is 34.5 Å². The van der Waals surface area contributed by atoms with Crippen molar-refractivity contribution in [2.75, 3.05) is 0 Å². The number of aromatic amines is 1. The summed E-state index contributed by atoms with van der Waals surface area (Å²) in [7, 11) is 0. The first-order valence-electron chi connectivity index (χ1n) is 3.35. The summed E-state index contributed by atoms with van der Waals surface area (Å²) < 4.78 is 0. The molecule has 1 N–H and O–H groups in total. The van der Waals surface area contributed by atoms with Crippen LogP contribution in [0.3, 0.4) is 0 Å². The van der Waals surface area contributed by atoms with Gasteiger partial charge in [-0.2, -0.15) is 5.10 Å². The minimum absolute atomic E-state index is 0. The molecule has 62 valence electrons. The van der Waals surface area contributed by atoms with Crippen molar-refractivity contribution < 1.29 is 4.92 Å². The van der Waals surface area contributed by atoms with Crippen molar-refractivity contribution in [2.45, 2.75) is 0 Å². The fourth-order valence-corrected chi connectivity index (χ4v) is 1.04. The molecule has 0 atom stereocenters. The minimum atomic E-state index is -0.430. The Morgan fingerprint density at radius 2 is 2.23 bits per heavy atom. The van der Waals surface area contributed by atoms with Crippen molar-refractivity contribution in [1.82, 2.24) is 10.2 Å². The van der Waals surface area contributed by atoms with Gasteiger partial charge in [0.25, 0.3) is 5.69 Å². The summed E-state index contributed by atoms with van der Waals surface area (Å²) in [4.78, 5) is 9.91. The van der Waals surface area contributed by atoms with Gasteiger partial charge in [0.05, 0.1) is 16.6 Å². The number of fused-ring (bicyclic) bond motifs is 1. The van der Waals surface area contributed by atoms with E-state index in [4.69, 9.17) is 0 Å². The number of hydrogen-bond acceptors (Lipinski definition) is 3. The van der Waals surface area contributed by atoms with Crippen LogP contribution in [0.15, 0.2) is 24.4 Å². The molecule has 0 radical (unpaired) electrons. The molecule has 1 aromatic carbocycles. The summed E-state index contributed by atoms with van der Waals surface area (Å²) in [6.45, 7) is 0. The maximum absolute atomic E-state index is 10.3. The molecule has 0 fully saturated rings. The van der Waals surface area contributed by atoms with Crippen molar-refractivity contribution in [1.29, 1.82) is 0 Å².